The molecular weight excluding hydrogens is 224 g/mol. The summed E-state index contributed by atoms with van der Waals surface area (Å²) in [6.45, 7) is -0.686. The summed E-state index contributed by atoms with van der Waals surface area (Å²) >= 11 is 0.956. The van der Waals surface area contributed by atoms with Gasteiger partial charge in [0.25, 0.3) is 5.24 Å². The summed E-state index contributed by atoms with van der Waals surface area (Å²) in [5, 5.41) is 21.4. The van der Waals surface area contributed by atoms with Gasteiger partial charge in [0, 0.05) is 5.75 Å². The maximum Gasteiger partial charge on any atom is 0.328 e. The molecule has 0 spiro atoms. The second-order valence-corrected chi connectivity index (χ2v) is 3.87. The number of nitrogens with one attached hydrogen (secondary N) is 2. The molecule has 0 bridgehead atoms. The minimum absolute atomic E-state index is 0.266. The molecule has 1 fully saturated rings. The summed E-state index contributed by atoms with van der Waals surface area (Å²) in [5.41, 5.74) is 0. The van der Waals surface area contributed by atoms with Gasteiger partial charge >= 0.3 is 5.97 Å². The van der Waals surface area contributed by atoms with E-state index in [0.717, 1.165) is 11.8 Å². The number of aliphatic hydroxyl groups is 1. The molecule has 1 aliphatic rings. The van der Waals surface area contributed by atoms with E-state index >= 15 is 0 Å². The van der Waals surface area contributed by atoms with Crippen molar-refractivity contribution in [2.75, 3.05) is 12.4 Å². The maximum absolute atomic E-state index is 11.4. The topological polar surface area (TPSA) is 116 Å². The fraction of sp³-hybridized carbons (Fsp3) is 0.571. The number of hydrogen-bond donors (Lipinski definition) is 4. The van der Waals surface area contributed by atoms with Crippen molar-refractivity contribution in [1.29, 1.82) is 0 Å². The molecule has 4 N–H and O–H groups in total. The van der Waals surface area contributed by atoms with Gasteiger partial charge in [0.1, 0.15) is 12.1 Å². The van der Waals surface area contributed by atoms with Crippen molar-refractivity contribution >= 4 is 28.9 Å². The number of aliphatic hydroxyl groups excluding tert-OH is 1. The van der Waals surface area contributed by atoms with Crippen LogP contribution >= 0.6 is 11.8 Å². The minimum Gasteiger partial charge on any atom is -0.480 e. The van der Waals surface area contributed by atoms with Crippen LogP contribution in [-0.2, 0) is 9.59 Å². The SMILES string of the molecule is O=C1NC(C(=O)N[C@H](CO)C(=O)O)CS1. The first-order chi connectivity index (χ1) is 7.04. The highest BCUT2D eigenvalue weighted by atomic mass is 32.2. The van der Waals surface area contributed by atoms with E-state index in [9.17, 15) is 14.4 Å². The molecule has 1 saturated heterocycles. The Balaban J connectivity index is 2.47. The van der Waals surface area contributed by atoms with Gasteiger partial charge in [-0.1, -0.05) is 11.8 Å². The molecule has 84 valence electrons. The molecule has 0 aliphatic carbocycles. The molecular formula is C7H10N2O5S. The van der Waals surface area contributed by atoms with Gasteiger partial charge in [-0.15, -0.1) is 0 Å². The van der Waals surface area contributed by atoms with Crippen molar-refractivity contribution in [2.45, 2.75) is 12.1 Å². The Hall–Kier alpha value is -1.28. The van der Waals surface area contributed by atoms with Gasteiger partial charge in [0.05, 0.1) is 6.61 Å². The van der Waals surface area contributed by atoms with Crippen molar-refractivity contribution in [3.05, 3.63) is 0 Å². The average molecular weight is 234 g/mol. The van der Waals surface area contributed by atoms with E-state index < -0.39 is 30.6 Å². The highest BCUT2D eigenvalue weighted by Crippen LogP contribution is 2.12. The van der Waals surface area contributed by atoms with Gasteiger partial charge in [-0.2, -0.15) is 0 Å². The highest BCUT2D eigenvalue weighted by Gasteiger charge is 2.30. The number of thioether (sulfide) groups is 1. The third-order valence-corrected chi connectivity index (χ3v) is 2.67. The lowest BCUT2D eigenvalue weighted by molar-refractivity contribution is -0.143. The normalized spacial score (nSPS) is 21.9. The van der Waals surface area contributed by atoms with E-state index in [1.807, 2.05) is 0 Å². The Morgan fingerprint density at radius 3 is 2.73 bits per heavy atom. The molecule has 0 aromatic heterocycles. The van der Waals surface area contributed by atoms with Gasteiger partial charge in [-0.05, 0) is 0 Å². The van der Waals surface area contributed by atoms with Crippen molar-refractivity contribution in [1.82, 2.24) is 10.6 Å². The van der Waals surface area contributed by atoms with E-state index in [4.69, 9.17) is 10.2 Å². The summed E-state index contributed by atoms with van der Waals surface area (Å²) in [7, 11) is 0. The molecule has 2 atom stereocenters. The van der Waals surface area contributed by atoms with Crippen molar-refractivity contribution in [3.8, 4) is 0 Å². The zero-order chi connectivity index (χ0) is 11.4. The molecule has 1 unspecified atom stereocenters. The Kier molecular flexibility index (Phi) is 3.92. The second-order valence-electron chi connectivity index (χ2n) is 2.88. The quantitative estimate of drug-likeness (QED) is 0.464. The molecule has 0 aromatic rings. The smallest absolute Gasteiger partial charge is 0.328 e. The van der Waals surface area contributed by atoms with E-state index in [2.05, 4.69) is 10.6 Å². The summed E-state index contributed by atoms with van der Waals surface area (Å²) in [6.07, 6.45) is 0. The number of carbonyl (C=O) groups is 3. The van der Waals surface area contributed by atoms with Crippen LogP contribution in [-0.4, -0.2) is 51.8 Å². The monoisotopic (exact) mass is 234 g/mol. The number of aliphatic carboxylic acids is 1. The number of carboxylic acids is 1. The number of carboxylic acid groups (broad SMARTS) is 1. The van der Waals surface area contributed by atoms with Gasteiger partial charge in [-0.3, -0.25) is 9.59 Å². The molecule has 1 heterocycles. The van der Waals surface area contributed by atoms with E-state index in [-0.39, 0.29) is 11.0 Å². The van der Waals surface area contributed by atoms with Crippen molar-refractivity contribution in [2.24, 2.45) is 0 Å². The van der Waals surface area contributed by atoms with Gasteiger partial charge < -0.3 is 20.8 Å². The molecule has 0 saturated carbocycles. The fourth-order valence-corrected chi connectivity index (χ4v) is 1.76. The largest absolute Gasteiger partial charge is 0.480 e. The molecule has 1 rings (SSSR count). The molecule has 7 nitrogen and oxygen atoms in total. The van der Waals surface area contributed by atoms with Crippen LogP contribution in [0.1, 0.15) is 0 Å². The maximum atomic E-state index is 11.4. The lowest BCUT2D eigenvalue weighted by atomic mass is 10.2. The van der Waals surface area contributed by atoms with Crippen LogP contribution in [0.5, 0.6) is 0 Å². The van der Waals surface area contributed by atoms with Gasteiger partial charge in [0.15, 0.2) is 0 Å². The summed E-state index contributed by atoms with van der Waals surface area (Å²) in [5.74, 6) is -1.65. The van der Waals surface area contributed by atoms with Gasteiger partial charge in [-0.25, -0.2) is 4.79 Å². The molecule has 0 radical (unpaired) electrons. The Bertz CT molecular complexity index is 295. The van der Waals surface area contributed by atoms with E-state index in [1.54, 1.807) is 0 Å². The summed E-state index contributed by atoms with van der Waals surface area (Å²) in [4.78, 5) is 32.6. The molecule has 1 aliphatic heterocycles. The lowest BCUT2D eigenvalue weighted by Crippen LogP contribution is -2.50. The van der Waals surface area contributed by atoms with Crippen LogP contribution in [0.4, 0.5) is 4.79 Å². The first kappa shape index (κ1) is 11.8. The standard InChI is InChI=1S/C7H10N2O5S/c10-1-3(6(12)13)8-5(11)4-2-15-7(14)9-4/h3-4,10H,1-2H2,(H,8,11)(H,9,14)(H,12,13)/t3-,4?/m1/s1. The van der Waals surface area contributed by atoms with Crippen LogP contribution in [0.15, 0.2) is 0 Å². The Morgan fingerprint density at radius 2 is 2.33 bits per heavy atom. The predicted molar refractivity (Wildman–Crippen MR) is 51.4 cm³/mol. The average Bonchev–Trinajstić information content (AvgIpc) is 2.60. The number of hydrogen-bond acceptors (Lipinski definition) is 5. The number of carbonyl (C=O) groups excluding carboxylic acids is 2. The van der Waals surface area contributed by atoms with Crippen molar-refractivity contribution in [3.63, 3.8) is 0 Å². The number of amides is 2. The first-order valence-corrected chi connectivity index (χ1v) is 5.10. The molecule has 15 heavy (non-hydrogen) atoms. The number of rotatable bonds is 4. The zero-order valence-corrected chi connectivity index (χ0v) is 8.41. The minimum atomic E-state index is -1.33. The van der Waals surface area contributed by atoms with Crippen LogP contribution in [0.2, 0.25) is 0 Å². The van der Waals surface area contributed by atoms with E-state index in [1.165, 1.54) is 0 Å². The van der Waals surface area contributed by atoms with Crippen LogP contribution in [0.3, 0.4) is 0 Å². The first-order valence-electron chi connectivity index (χ1n) is 4.12. The molecule has 8 heteroatoms. The summed E-state index contributed by atoms with van der Waals surface area (Å²) in [6, 6.07) is -2.06. The van der Waals surface area contributed by atoms with Crippen LogP contribution < -0.4 is 10.6 Å². The predicted octanol–water partition coefficient (Wildman–Crippen LogP) is -1.63. The lowest BCUT2D eigenvalue weighted by Gasteiger charge is -2.14. The Labute approximate surface area is 89.2 Å². The third-order valence-electron chi connectivity index (χ3n) is 1.79. The van der Waals surface area contributed by atoms with Crippen LogP contribution in [0, 0.1) is 0 Å². The highest BCUT2D eigenvalue weighted by molar-refractivity contribution is 8.14. The fourth-order valence-electron chi connectivity index (χ4n) is 0.984. The van der Waals surface area contributed by atoms with Gasteiger partial charge in [0.2, 0.25) is 5.91 Å². The molecule has 2 amide bonds. The summed E-state index contributed by atoms with van der Waals surface area (Å²) < 4.78 is 0. The van der Waals surface area contributed by atoms with Crippen LogP contribution in [0.25, 0.3) is 0 Å². The second kappa shape index (κ2) is 4.99. The molecule has 0 aromatic carbocycles. The van der Waals surface area contributed by atoms with Crippen molar-refractivity contribution < 1.29 is 24.6 Å². The van der Waals surface area contributed by atoms with E-state index in [0.29, 0.717) is 0 Å². The Morgan fingerprint density at radius 1 is 1.67 bits per heavy atom. The third kappa shape index (κ3) is 3.10. The zero-order valence-electron chi connectivity index (χ0n) is 7.60.